The molecule has 0 saturated carbocycles. The molecule has 1 saturated heterocycles. The molecule has 1 aliphatic heterocycles. The summed E-state index contributed by atoms with van der Waals surface area (Å²) >= 11 is 6.03. The molecule has 1 amide bonds. The van der Waals surface area contributed by atoms with Crippen molar-refractivity contribution in [1.29, 1.82) is 0 Å². The molecule has 2 N–H and O–H groups in total. The lowest BCUT2D eigenvalue weighted by atomic mass is 9.87. The number of hydrogen-bond donors (Lipinski definition) is 2. The lowest BCUT2D eigenvalue weighted by Crippen LogP contribution is -2.40. The summed E-state index contributed by atoms with van der Waals surface area (Å²) in [4.78, 5) is 12.5. The van der Waals surface area contributed by atoms with Gasteiger partial charge in [-0.05, 0) is 36.6 Å². The minimum atomic E-state index is -0.140. The van der Waals surface area contributed by atoms with E-state index < -0.39 is 0 Å². The van der Waals surface area contributed by atoms with Crippen LogP contribution in [0.4, 0.5) is 0 Å². The molecule has 2 unspecified atom stereocenters. The number of carbonyl (C=O) groups excluding carboxylic acids is 1. The molecule has 1 fully saturated rings. The van der Waals surface area contributed by atoms with Crippen LogP contribution in [0.15, 0.2) is 24.3 Å². The first kappa shape index (κ1) is 14.4. The van der Waals surface area contributed by atoms with Crippen LogP contribution in [0.2, 0.25) is 5.02 Å². The van der Waals surface area contributed by atoms with Crippen LogP contribution in [0, 0.1) is 5.92 Å². The van der Waals surface area contributed by atoms with Crippen molar-refractivity contribution in [3.8, 4) is 0 Å². The first-order valence-electron chi connectivity index (χ1n) is 6.84. The van der Waals surface area contributed by atoms with E-state index in [1.54, 1.807) is 0 Å². The van der Waals surface area contributed by atoms with Crippen molar-refractivity contribution in [3.05, 3.63) is 34.9 Å². The fraction of sp³-hybridized carbons (Fsp3) is 0.533. The van der Waals surface area contributed by atoms with Gasteiger partial charge in [-0.2, -0.15) is 0 Å². The Morgan fingerprint density at radius 2 is 2.26 bits per heavy atom. The number of amides is 1. The van der Waals surface area contributed by atoms with Crippen LogP contribution < -0.4 is 10.6 Å². The highest BCUT2D eigenvalue weighted by atomic mass is 35.5. The Bertz CT molecular complexity index is 442. The number of halogens is 1. The molecule has 0 aromatic heterocycles. The summed E-state index contributed by atoms with van der Waals surface area (Å²) < 4.78 is 0. The lowest BCUT2D eigenvalue weighted by Gasteiger charge is -2.23. The molecular weight excluding hydrogens is 260 g/mol. The predicted molar refractivity (Wildman–Crippen MR) is 78.4 cm³/mol. The molecule has 19 heavy (non-hydrogen) atoms. The lowest BCUT2D eigenvalue weighted by molar-refractivity contribution is -0.124. The quantitative estimate of drug-likeness (QED) is 0.890. The predicted octanol–water partition coefficient (Wildman–Crippen LogP) is 2.56. The van der Waals surface area contributed by atoms with Crippen LogP contribution in [0.5, 0.6) is 0 Å². The van der Waals surface area contributed by atoms with E-state index in [2.05, 4.69) is 24.5 Å². The third-order valence-corrected chi connectivity index (χ3v) is 3.80. The number of nitrogens with one attached hydrogen (secondary N) is 2. The normalized spacial score (nSPS) is 20.5. The van der Waals surface area contributed by atoms with Gasteiger partial charge in [0.1, 0.15) is 0 Å². The van der Waals surface area contributed by atoms with Gasteiger partial charge < -0.3 is 10.6 Å². The first-order chi connectivity index (χ1) is 9.08. The number of hydrogen-bond acceptors (Lipinski definition) is 2. The summed E-state index contributed by atoms with van der Waals surface area (Å²) in [6, 6.07) is 7.85. The zero-order valence-corrected chi connectivity index (χ0v) is 12.2. The van der Waals surface area contributed by atoms with Crippen molar-refractivity contribution >= 4 is 17.5 Å². The molecule has 1 aromatic carbocycles. The van der Waals surface area contributed by atoms with E-state index in [9.17, 15) is 4.79 Å². The van der Waals surface area contributed by atoms with Crippen LogP contribution in [0.1, 0.15) is 31.7 Å². The van der Waals surface area contributed by atoms with Crippen molar-refractivity contribution in [2.24, 2.45) is 5.92 Å². The Balaban J connectivity index is 2.12. The fourth-order valence-electron chi connectivity index (χ4n) is 2.61. The molecule has 3 nitrogen and oxygen atoms in total. The molecule has 0 radical (unpaired) electrons. The van der Waals surface area contributed by atoms with Gasteiger partial charge in [0.25, 0.3) is 0 Å². The van der Waals surface area contributed by atoms with Gasteiger partial charge in [-0.15, -0.1) is 0 Å². The zero-order chi connectivity index (χ0) is 13.8. The van der Waals surface area contributed by atoms with Gasteiger partial charge in [-0.25, -0.2) is 0 Å². The van der Waals surface area contributed by atoms with E-state index in [0.29, 0.717) is 5.02 Å². The molecule has 2 atom stereocenters. The third-order valence-electron chi connectivity index (χ3n) is 3.56. The summed E-state index contributed by atoms with van der Waals surface area (Å²) in [6.07, 6.45) is 1.01. The van der Waals surface area contributed by atoms with Crippen molar-refractivity contribution in [3.63, 3.8) is 0 Å². The number of rotatable bonds is 4. The van der Waals surface area contributed by atoms with E-state index in [-0.39, 0.29) is 23.8 Å². The van der Waals surface area contributed by atoms with Crippen LogP contribution in [-0.2, 0) is 4.79 Å². The summed E-state index contributed by atoms with van der Waals surface area (Å²) in [7, 11) is 0. The molecule has 0 aliphatic carbocycles. The van der Waals surface area contributed by atoms with Crippen LogP contribution >= 0.6 is 11.6 Å². The van der Waals surface area contributed by atoms with Crippen molar-refractivity contribution in [2.45, 2.75) is 32.2 Å². The van der Waals surface area contributed by atoms with Crippen molar-refractivity contribution in [2.75, 3.05) is 13.1 Å². The number of carbonyl (C=O) groups is 1. The van der Waals surface area contributed by atoms with Crippen LogP contribution in [0.3, 0.4) is 0 Å². The second kappa shape index (κ2) is 6.40. The summed E-state index contributed by atoms with van der Waals surface area (Å²) in [5.74, 6) is 0.207. The van der Waals surface area contributed by atoms with Gasteiger partial charge in [0, 0.05) is 17.6 Å². The summed E-state index contributed by atoms with van der Waals surface area (Å²) in [5, 5.41) is 7.07. The fourth-order valence-corrected chi connectivity index (χ4v) is 2.81. The summed E-state index contributed by atoms with van der Waals surface area (Å²) in [5.41, 5.74) is 0.992. The van der Waals surface area contributed by atoms with Gasteiger partial charge in [0.2, 0.25) is 5.91 Å². The zero-order valence-electron chi connectivity index (χ0n) is 11.4. The molecule has 4 heteroatoms. The Kier molecular flexibility index (Phi) is 4.83. The van der Waals surface area contributed by atoms with Crippen LogP contribution in [-0.4, -0.2) is 25.0 Å². The molecule has 1 aromatic rings. The highest BCUT2D eigenvalue weighted by molar-refractivity contribution is 6.30. The Morgan fingerprint density at radius 1 is 1.47 bits per heavy atom. The molecular formula is C15H21ClN2O. The minimum Gasteiger partial charge on any atom is -0.352 e. The first-order valence-corrected chi connectivity index (χ1v) is 7.22. The largest absolute Gasteiger partial charge is 0.352 e. The van der Waals surface area contributed by atoms with Crippen molar-refractivity contribution < 1.29 is 4.79 Å². The topological polar surface area (TPSA) is 41.1 Å². The maximum atomic E-state index is 12.5. The second-order valence-electron chi connectivity index (χ2n) is 5.48. The summed E-state index contributed by atoms with van der Waals surface area (Å²) in [6.45, 7) is 5.98. The van der Waals surface area contributed by atoms with E-state index in [0.717, 1.165) is 25.1 Å². The highest BCUT2D eigenvalue weighted by Crippen LogP contribution is 2.27. The van der Waals surface area contributed by atoms with Gasteiger partial charge in [0.05, 0.1) is 5.92 Å². The minimum absolute atomic E-state index is 0.103. The Morgan fingerprint density at radius 3 is 2.84 bits per heavy atom. The van der Waals surface area contributed by atoms with Crippen molar-refractivity contribution in [1.82, 2.24) is 10.6 Å². The van der Waals surface area contributed by atoms with E-state index in [1.807, 2.05) is 24.3 Å². The average Bonchev–Trinajstić information content (AvgIpc) is 2.81. The second-order valence-corrected chi connectivity index (χ2v) is 5.91. The number of benzene rings is 1. The molecule has 1 aliphatic rings. The molecule has 0 spiro atoms. The van der Waals surface area contributed by atoms with E-state index in [4.69, 9.17) is 11.6 Å². The average molecular weight is 281 g/mol. The Hall–Kier alpha value is -1.06. The molecule has 1 heterocycles. The molecule has 2 rings (SSSR count). The van der Waals surface area contributed by atoms with Gasteiger partial charge in [-0.3, -0.25) is 4.79 Å². The SMILES string of the molecule is CC(C)C(C(=O)NC1CCNC1)c1cccc(Cl)c1. The smallest absolute Gasteiger partial charge is 0.228 e. The Labute approximate surface area is 119 Å². The van der Waals surface area contributed by atoms with Gasteiger partial charge in [0.15, 0.2) is 0 Å². The highest BCUT2D eigenvalue weighted by Gasteiger charge is 2.27. The van der Waals surface area contributed by atoms with E-state index in [1.165, 1.54) is 0 Å². The van der Waals surface area contributed by atoms with Gasteiger partial charge in [-0.1, -0.05) is 37.6 Å². The third kappa shape index (κ3) is 3.71. The monoisotopic (exact) mass is 280 g/mol. The maximum absolute atomic E-state index is 12.5. The van der Waals surface area contributed by atoms with Gasteiger partial charge >= 0.3 is 0 Å². The standard InChI is InChI=1S/C15H21ClN2O/c1-10(2)14(11-4-3-5-12(16)8-11)15(19)18-13-6-7-17-9-13/h3-5,8,10,13-14,17H,6-7,9H2,1-2H3,(H,18,19). The van der Waals surface area contributed by atoms with E-state index >= 15 is 0 Å². The maximum Gasteiger partial charge on any atom is 0.228 e. The molecule has 0 bridgehead atoms. The molecule has 104 valence electrons. The van der Waals surface area contributed by atoms with Crippen LogP contribution in [0.25, 0.3) is 0 Å².